The minimum Gasteiger partial charge on any atom is -0.296 e. The smallest absolute Gasteiger partial charge is 0.257 e. The Bertz CT molecular complexity index is 544. The highest BCUT2D eigenvalue weighted by atomic mass is 32.2. The fourth-order valence-electron chi connectivity index (χ4n) is 1.14. The van der Waals surface area contributed by atoms with Gasteiger partial charge in [-0.2, -0.15) is 0 Å². The average Bonchev–Trinajstić information content (AvgIpc) is 2.77. The zero-order valence-corrected chi connectivity index (χ0v) is 10.4. The maximum Gasteiger partial charge on any atom is 0.257 e. The van der Waals surface area contributed by atoms with Gasteiger partial charge in [0.15, 0.2) is 4.34 Å². The molecule has 0 aliphatic carbocycles. The summed E-state index contributed by atoms with van der Waals surface area (Å²) in [5, 5.41) is 10.6. The van der Waals surface area contributed by atoms with E-state index in [4.69, 9.17) is 0 Å². The Hall–Kier alpha value is -1.47. The summed E-state index contributed by atoms with van der Waals surface area (Å²) in [4.78, 5) is 11.7. The molecule has 0 bridgehead atoms. The van der Waals surface area contributed by atoms with Crippen molar-refractivity contribution in [3.05, 3.63) is 35.6 Å². The minimum atomic E-state index is -0.445. The Labute approximate surface area is 105 Å². The molecule has 1 heterocycles. The molecule has 0 aliphatic rings. The molecule has 17 heavy (non-hydrogen) atoms. The number of benzene rings is 1. The van der Waals surface area contributed by atoms with E-state index in [9.17, 15) is 9.18 Å². The molecular weight excluding hydrogens is 261 g/mol. The van der Waals surface area contributed by atoms with E-state index in [1.165, 1.54) is 47.4 Å². The number of hydrogen-bond donors (Lipinski definition) is 1. The maximum atomic E-state index is 12.9. The molecule has 2 rings (SSSR count). The van der Waals surface area contributed by atoms with E-state index >= 15 is 0 Å². The quantitative estimate of drug-likeness (QED) is 0.687. The first-order valence-electron chi connectivity index (χ1n) is 4.63. The molecule has 88 valence electrons. The molecule has 4 nitrogen and oxygen atoms in total. The van der Waals surface area contributed by atoms with Crippen LogP contribution in [-0.4, -0.2) is 22.4 Å². The number of carbonyl (C=O) groups is 1. The van der Waals surface area contributed by atoms with E-state index in [-0.39, 0.29) is 5.56 Å². The van der Waals surface area contributed by atoms with Gasteiger partial charge in [0, 0.05) is 5.56 Å². The zero-order valence-electron chi connectivity index (χ0n) is 8.81. The normalized spacial score (nSPS) is 10.2. The molecule has 0 spiro atoms. The number of amides is 1. The Balaban J connectivity index is 2.11. The van der Waals surface area contributed by atoms with Gasteiger partial charge in [-0.15, -0.1) is 10.2 Å². The van der Waals surface area contributed by atoms with Crippen LogP contribution < -0.4 is 5.32 Å². The number of halogens is 1. The highest BCUT2D eigenvalue weighted by molar-refractivity contribution is 8.00. The molecule has 1 N–H and O–H groups in total. The first-order chi connectivity index (χ1) is 8.19. The summed E-state index contributed by atoms with van der Waals surface area (Å²) in [7, 11) is 0. The summed E-state index contributed by atoms with van der Waals surface area (Å²) in [6.45, 7) is 0. The van der Waals surface area contributed by atoms with Crippen molar-refractivity contribution < 1.29 is 9.18 Å². The summed E-state index contributed by atoms with van der Waals surface area (Å²) >= 11 is 2.72. The Morgan fingerprint density at radius 2 is 2.29 bits per heavy atom. The van der Waals surface area contributed by atoms with Gasteiger partial charge in [-0.05, 0) is 24.5 Å². The number of anilines is 1. The van der Waals surface area contributed by atoms with Crippen LogP contribution in [-0.2, 0) is 0 Å². The van der Waals surface area contributed by atoms with E-state index in [1.807, 2.05) is 6.26 Å². The van der Waals surface area contributed by atoms with E-state index in [0.29, 0.717) is 5.13 Å². The van der Waals surface area contributed by atoms with Crippen molar-refractivity contribution in [1.82, 2.24) is 10.2 Å². The molecule has 0 atom stereocenters. The molecular formula is C10H8FN3OS2. The van der Waals surface area contributed by atoms with Crippen LogP contribution in [0.3, 0.4) is 0 Å². The fourth-order valence-corrected chi connectivity index (χ4v) is 2.31. The van der Waals surface area contributed by atoms with Gasteiger partial charge in [0.25, 0.3) is 5.91 Å². The Morgan fingerprint density at radius 3 is 2.94 bits per heavy atom. The number of rotatable bonds is 3. The Morgan fingerprint density at radius 1 is 1.47 bits per heavy atom. The van der Waals surface area contributed by atoms with E-state index < -0.39 is 11.7 Å². The molecule has 7 heteroatoms. The van der Waals surface area contributed by atoms with E-state index in [1.54, 1.807) is 0 Å². The van der Waals surface area contributed by atoms with Gasteiger partial charge >= 0.3 is 0 Å². The predicted octanol–water partition coefficient (Wildman–Crippen LogP) is 2.65. The number of nitrogens with one attached hydrogen (secondary N) is 1. The van der Waals surface area contributed by atoms with Gasteiger partial charge < -0.3 is 0 Å². The van der Waals surface area contributed by atoms with Crippen molar-refractivity contribution in [2.75, 3.05) is 11.6 Å². The maximum absolute atomic E-state index is 12.9. The SMILES string of the molecule is CSc1nnc(NC(=O)c2cccc(F)c2)s1. The Kier molecular flexibility index (Phi) is 3.70. The number of thioether (sulfide) groups is 1. The zero-order chi connectivity index (χ0) is 12.3. The molecule has 0 radical (unpaired) electrons. The standard InChI is InChI=1S/C10H8FN3OS2/c1-16-10-14-13-9(17-10)12-8(15)6-3-2-4-7(11)5-6/h2-5H,1H3,(H,12,13,15). The molecule has 0 fully saturated rings. The molecule has 0 saturated carbocycles. The van der Waals surface area contributed by atoms with Crippen molar-refractivity contribution in [3.8, 4) is 0 Å². The third-order valence-electron chi connectivity index (χ3n) is 1.89. The van der Waals surface area contributed by atoms with Crippen LogP contribution >= 0.6 is 23.1 Å². The molecule has 0 saturated heterocycles. The minimum absolute atomic E-state index is 0.255. The van der Waals surface area contributed by atoms with Gasteiger partial charge in [-0.1, -0.05) is 29.2 Å². The summed E-state index contributed by atoms with van der Waals surface area (Å²) in [5.41, 5.74) is 0.255. The van der Waals surface area contributed by atoms with Gasteiger partial charge in [-0.25, -0.2) is 4.39 Å². The van der Waals surface area contributed by atoms with Crippen LogP contribution in [0.1, 0.15) is 10.4 Å². The van der Waals surface area contributed by atoms with Crippen LogP contribution in [0.25, 0.3) is 0 Å². The third kappa shape index (κ3) is 3.01. The van der Waals surface area contributed by atoms with Crippen molar-refractivity contribution in [1.29, 1.82) is 0 Å². The van der Waals surface area contributed by atoms with Gasteiger partial charge in [0.1, 0.15) is 5.82 Å². The van der Waals surface area contributed by atoms with Crippen molar-refractivity contribution in [3.63, 3.8) is 0 Å². The fraction of sp³-hybridized carbons (Fsp3) is 0.100. The number of aromatic nitrogens is 2. The van der Waals surface area contributed by atoms with Gasteiger partial charge in [0.05, 0.1) is 0 Å². The third-order valence-corrected chi connectivity index (χ3v) is 3.70. The largest absolute Gasteiger partial charge is 0.296 e. The lowest BCUT2D eigenvalue weighted by atomic mass is 10.2. The molecule has 2 aromatic rings. The second-order valence-electron chi connectivity index (χ2n) is 3.04. The lowest BCUT2D eigenvalue weighted by Gasteiger charge is -2.00. The monoisotopic (exact) mass is 269 g/mol. The predicted molar refractivity (Wildman–Crippen MR) is 66.0 cm³/mol. The van der Waals surface area contributed by atoms with E-state index in [0.717, 1.165) is 4.34 Å². The second-order valence-corrected chi connectivity index (χ2v) is 5.07. The lowest BCUT2D eigenvalue weighted by Crippen LogP contribution is -2.11. The molecule has 0 aliphatic heterocycles. The van der Waals surface area contributed by atoms with Crippen LogP contribution in [0.2, 0.25) is 0 Å². The van der Waals surface area contributed by atoms with Crippen LogP contribution in [0.4, 0.5) is 9.52 Å². The lowest BCUT2D eigenvalue weighted by molar-refractivity contribution is 0.102. The number of carbonyl (C=O) groups excluding carboxylic acids is 1. The first kappa shape index (κ1) is 12.0. The number of hydrogen-bond acceptors (Lipinski definition) is 5. The molecule has 1 aromatic carbocycles. The summed E-state index contributed by atoms with van der Waals surface area (Å²) in [6.07, 6.45) is 1.87. The van der Waals surface area contributed by atoms with Gasteiger partial charge in [0.2, 0.25) is 5.13 Å². The van der Waals surface area contributed by atoms with Crippen molar-refractivity contribution in [2.45, 2.75) is 4.34 Å². The summed E-state index contributed by atoms with van der Waals surface area (Å²) in [6, 6.07) is 5.48. The van der Waals surface area contributed by atoms with Gasteiger partial charge in [-0.3, -0.25) is 10.1 Å². The van der Waals surface area contributed by atoms with Crippen LogP contribution in [0.15, 0.2) is 28.6 Å². The van der Waals surface area contributed by atoms with E-state index in [2.05, 4.69) is 15.5 Å². The van der Waals surface area contributed by atoms with Crippen LogP contribution in [0.5, 0.6) is 0 Å². The molecule has 1 amide bonds. The molecule has 1 aromatic heterocycles. The highest BCUT2D eigenvalue weighted by Crippen LogP contribution is 2.23. The summed E-state index contributed by atoms with van der Waals surface area (Å²) in [5.74, 6) is -0.840. The molecule has 0 unspecified atom stereocenters. The first-order valence-corrected chi connectivity index (χ1v) is 6.67. The van der Waals surface area contributed by atoms with Crippen LogP contribution in [0, 0.1) is 5.82 Å². The van der Waals surface area contributed by atoms with Crippen molar-refractivity contribution in [2.24, 2.45) is 0 Å². The van der Waals surface area contributed by atoms with Crippen molar-refractivity contribution >= 4 is 34.1 Å². The number of nitrogens with zero attached hydrogens (tertiary/aromatic N) is 2. The summed E-state index contributed by atoms with van der Waals surface area (Å²) < 4.78 is 13.7. The highest BCUT2D eigenvalue weighted by Gasteiger charge is 2.10. The second kappa shape index (κ2) is 5.24. The average molecular weight is 269 g/mol. The topological polar surface area (TPSA) is 54.9 Å².